The number of H-pyrrole nitrogens is 1. The van der Waals surface area contributed by atoms with E-state index in [1.54, 1.807) is 0 Å². The van der Waals surface area contributed by atoms with Gasteiger partial charge >= 0.3 is 0 Å². The second-order valence-electron chi connectivity index (χ2n) is 5.19. The number of halogens is 2. The lowest BCUT2D eigenvalue weighted by Crippen LogP contribution is -2.44. The number of nitrogens with two attached hydrogens (primary N) is 1. The average molecular weight is 371 g/mol. The minimum atomic E-state index is -0.422. The van der Waals surface area contributed by atoms with Gasteiger partial charge in [0, 0.05) is 9.86 Å². The molecule has 1 aliphatic carbocycles. The van der Waals surface area contributed by atoms with Crippen LogP contribution in [0.3, 0.4) is 0 Å². The van der Waals surface area contributed by atoms with Crippen LogP contribution in [0.5, 0.6) is 0 Å². The molecule has 1 aromatic carbocycles. The summed E-state index contributed by atoms with van der Waals surface area (Å²) in [5.41, 5.74) is 7.37. The summed E-state index contributed by atoms with van der Waals surface area (Å²) in [4.78, 5) is 4.43. The van der Waals surface area contributed by atoms with E-state index in [0.717, 1.165) is 34.6 Å². The van der Waals surface area contributed by atoms with Crippen molar-refractivity contribution in [1.29, 1.82) is 0 Å². The lowest BCUT2D eigenvalue weighted by atomic mass is 9.77. The fourth-order valence-corrected chi connectivity index (χ4v) is 2.81. The average Bonchev–Trinajstić information content (AvgIpc) is 3.01. The Kier molecular flexibility index (Phi) is 3.51. The van der Waals surface area contributed by atoms with E-state index in [1.165, 1.54) is 0 Å². The second kappa shape index (κ2) is 5.08. The number of nitrogens with zero attached hydrogens (tertiary/aromatic N) is 3. The summed E-state index contributed by atoms with van der Waals surface area (Å²) in [6, 6.07) is 5.87. The zero-order chi connectivity index (χ0) is 13.7. The van der Waals surface area contributed by atoms with Crippen LogP contribution >= 0.6 is 28.3 Å². The Morgan fingerprint density at radius 2 is 2.14 bits per heavy atom. The molecule has 0 unspecified atom stereocenters. The fraction of sp³-hybridized carbons (Fsp3) is 0.308. The highest BCUT2D eigenvalue weighted by Crippen LogP contribution is 2.38. The highest BCUT2D eigenvalue weighted by atomic mass is 79.9. The number of benzene rings is 1. The van der Waals surface area contributed by atoms with Crippen LogP contribution in [0, 0.1) is 0 Å². The van der Waals surface area contributed by atoms with E-state index in [0.29, 0.717) is 17.4 Å². The summed E-state index contributed by atoms with van der Waals surface area (Å²) in [6.07, 6.45) is 2.91. The summed E-state index contributed by atoms with van der Waals surface area (Å²) >= 11 is 3.45. The molecule has 2 aromatic heterocycles. The molecule has 1 aliphatic rings. The van der Waals surface area contributed by atoms with E-state index < -0.39 is 5.54 Å². The monoisotopic (exact) mass is 369 g/mol. The van der Waals surface area contributed by atoms with E-state index in [9.17, 15) is 0 Å². The van der Waals surface area contributed by atoms with Crippen LogP contribution in [0.2, 0.25) is 0 Å². The smallest absolute Gasteiger partial charge is 0.279 e. The van der Waals surface area contributed by atoms with Gasteiger partial charge in [-0.1, -0.05) is 21.1 Å². The summed E-state index contributed by atoms with van der Waals surface area (Å²) in [5.74, 6) is 0.978. The quantitative estimate of drug-likeness (QED) is 0.723. The minimum Gasteiger partial charge on any atom is -0.332 e. The molecule has 0 radical (unpaired) electrons. The van der Waals surface area contributed by atoms with Gasteiger partial charge in [-0.05, 0) is 37.5 Å². The predicted molar refractivity (Wildman–Crippen MR) is 84.1 cm³/mol. The van der Waals surface area contributed by atoms with Crippen molar-refractivity contribution in [3.8, 4) is 11.6 Å². The van der Waals surface area contributed by atoms with Gasteiger partial charge in [-0.3, -0.25) is 5.10 Å². The van der Waals surface area contributed by atoms with Gasteiger partial charge in [0.05, 0.1) is 11.1 Å². The van der Waals surface area contributed by atoms with E-state index in [4.69, 9.17) is 10.3 Å². The minimum absolute atomic E-state index is 0. The van der Waals surface area contributed by atoms with Crippen LogP contribution in [0.1, 0.15) is 25.1 Å². The van der Waals surface area contributed by atoms with Crippen molar-refractivity contribution in [2.75, 3.05) is 0 Å². The molecule has 8 heteroatoms. The van der Waals surface area contributed by atoms with Gasteiger partial charge in [0.25, 0.3) is 5.89 Å². The van der Waals surface area contributed by atoms with Crippen molar-refractivity contribution < 1.29 is 4.52 Å². The topological polar surface area (TPSA) is 93.6 Å². The van der Waals surface area contributed by atoms with Crippen LogP contribution in [-0.2, 0) is 5.54 Å². The molecule has 2 heterocycles. The van der Waals surface area contributed by atoms with Gasteiger partial charge in [-0.25, -0.2) is 0 Å². The van der Waals surface area contributed by atoms with E-state index in [2.05, 4.69) is 36.3 Å². The molecule has 3 N–H and O–H groups in total. The van der Waals surface area contributed by atoms with Crippen molar-refractivity contribution in [3.63, 3.8) is 0 Å². The van der Waals surface area contributed by atoms with Crippen molar-refractivity contribution in [3.05, 3.63) is 28.5 Å². The molecule has 1 fully saturated rings. The number of aromatic nitrogens is 4. The third kappa shape index (κ3) is 2.25. The first-order valence-corrected chi connectivity index (χ1v) is 7.22. The molecule has 3 aromatic rings. The predicted octanol–water partition coefficient (Wildman–Crippen LogP) is 3.14. The van der Waals surface area contributed by atoms with Crippen LogP contribution in [-0.4, -0.2) is 20.3 Å². The number of fused-ring (bicyclic) bond motifs is 1. The standard InChI is InChI=1S/C13H12BrN5O.ClH/c14-7-2-3-9-8(6-7)10(18-17-9)11-16-12(19-20-11)13(15)4-1-5-13;/h2-3,6H,1,4-5,15H2,(H,17,18);1H. The summed E-state index contributed by atoms with van der Waals surface area (Å²) < 4.78 is 6.31. The Balaban J connectivity index is 0.00000132. The molecule has 21 heavy (non-hydrogen) atoms. The lowest BCUT2D eigenvalue weighted by molar-refractivity contribution is 0.229. The Morgan fingerprint density at radius 3 is 2.86 bits per heavy atom. The number of hydrogen-bond donors (Lipinski definition) is 2. The zero-order valence-corrected chi connectivity index (χ0v) is 13.4. The van der Waals surface area contributed by atoms with Crippen molar-refractivity contribution in [2.24, 2.45) is 5.73 Å². The molecular formula is C13H13BrClN5O. The van der Waals surface area contributed by atoms with Gasteiger partial charge in [0.1, 0.15) is 0 Å². The number of aromatic amines is 1. The van der Waals surface area contributed by atoms with E-state index >= 15 is 0 Å². The van der Waals surface area contributed by atoms with Crippen molar-refractivity contribution in [1.82, 2.24) is 20.3 Å². The van der Waals surface area contributed by atoms with Gasteiger partial charge in [-0.15, -0.1) is 12.4 Å². The molecule has 6 nitrogen and oxygen atoms in total. The first-order valence-electron chi connectivity index (χ1n) is 6.43. The summed E-state index contributed by atoms with van der Waals surface area (Å²) in [7, 11) is 0. The molecular weight excluding hydrogens is 358 g/mol. The molecule has 0 bridgehead atoms. The molecule has 4 rings (SSSR count). The highest BCUT2D eigenvalue weighted by molar-refractivity contribution is 9.10. The molecule has 1 saturated carbocycles. The van der Waals surface area contributed by atoms with Crippen LogP contribution in [0.25, 0.3) is 22.5 Å². The summed E-state index contributed by atoms with van der Waals surface area (Å²) in [5, 5.41) is 12.2. The SMILES string of the molecule is Cl.NC1(c2noc(-c3n[nH]c4ccc(Br)cc34)n2)CCC1. The van der Waals surface area contributed by atoms with Gasteiger partial charge in [0.2, 0.25) is 0 Å². The Hall–Kier alpha value is -1.44. The summed E-state index contributed by atoms with van der Waals surface area (Å²) in [6.45, 7) is 0. The van der Waals surface area contributed by atoms with Gasteiger partial charge < -0.3 is 10.3 Å². The van der Waals surface area contributed by atoms with Crippen LogP contribution < -0.4 is 5.73 Å². The fourth-order valence-electron chi connectivity index (χ4n) is 2.45. The maximum atomic E-state index is 6.21. The van der Waals surface area contributed by atoms with Crippen molar-refractivity contribution in [2.45, 2.75) is 24.8 Å². The Bertz CT molecular complexity index is 795. The number of rotatable bonds is 2. The molecule has 0 spiro atoms. The second-order valence-corrected chi connectivity index (χ2v) is 6.11. The third-order valence-electron chi connectivity index (χ3n) is 3.84. The lowest BCUT2D eigenvalue weighted by Gasteiger charge is -2.34. The molecule has 0 saturated heterocycles. The Morgan fingerprint density at radius 1 is 1.33 bits per heavy atom. The first-order chi connectivity index (χ1) is 9.66. The van der Waals surface area contributed by atoms with Gasteiger partial charge in [0.15, 0.2) is 11.5 Å². The number of hydrogen-bond acceptors (Lipinski definition) is 5. The Labute approximate surface area is 135 Å². The van der Waals surface area contributed by atoms with Crippen LogP contribution in [0.15, 0.2) is 27.2 Å². The maximum absolute atomic E-state index is 6.21. The molecule has 110 valence electrons. The third-order valence-corrected chi connectivity index (χ3v) is 4.34. The molecule has 0 amide bonds. The van der Waals surface area contributed by atoms with Crippen molar-refractivity contribution >= 4 is 39.2 Å². The number of nitrogens with one attached hydrogen (secondary N) is 1. The largest absolute Gasteiger partial charge is 0.332 e. The zero-order valence-electron chi connectivity index (χ0n) is 11.0. The molecule has 0 atom stereocenters. The normalized spacial score (nSPS) is 16.5. The molecule has 0 aliphatic heterocycles. The van der Waals surface area contributed by atoms with Crippen LogP contribution in [0.4, 0.5) is 0 Å². The van der Waals surface area contributed by atoms with E-state index in [1.807, 2.05) is 18.2 Å². The maximum Gasteiger partial charge on any atom is 0.279 e. The van der Waals surface area contributed by atoms with Gasteiger partial charge in [-0.2, -0.15) is 10.1 Å². The van der Waals surface area contributed by atoms with E-state index in [-0.39, 0.29) is 12.4 Å². The highest BCUT2D eigenvalue weighted by Gasteiger charge is 2.39. The first kappa shape index (κ1) is 14.5.